The lowest BCUT2D eigenvalue weighted by Crippen LogP contribution is -2.41. The van der Waals surface area contributed by atoms with E-state index in [1.807, 2.05) is 0 Å². The number of halogens is 1. The number of rotatable bonds is 9. The number of piperidine rings is 1. The van der Waals surface area contributed by atoms with Crippen molar-refractivity contribution in [2.45, 2.75) is 32.3 Å². The van der Waals surface area contributed by atoms with Gasteiger partial charge in [0.1, 0.15) is 18.2 Å². The first-order valence-corrected chi connectivity index (χ1v) is 10.0. The molecule has 2 heterocycles. The third kappa shape index (κ3) is 6.17. The van der Waals surface area contributed by atoms with Crippen molar-refractivity contribution in [1.82, 2.24) is 14.9 Å². The summed E-state index contributed by atoms with van der Waals surface area (Å²) in [6.45, 7) is 3.52. The largest absolute Gasteiger partial charge is 0.493 e. The topological polar surface area (TPSA) is 103 Å². The molecular formula is C21H26FN3O6. The number of carbonyl (C=O) groups is 1. The normalized spacial score (nSPS) is 14.4. The second kappa shape index (κ2) is 10.8. The van der Waals surface area contributed by atoms with Gasteiger partial charge < -0.3 is 29.0 Å². The van der Waals surface area contributed by atoms with Crippen molar-refractivity contribution in [2.24, 2.45) is 0 Å². The van der Waals surface area contributed by atoms with Crippen LogP contribution in [0.25, 0.3) is 0 Å². The minimum absolute atomic E-state index is 0.00626. The molecule has 0 radical (unpaired) electrons. The maximum absolute atomic E-state index is 14.5. The van der Waals surface area contributed by atoms with Crippen LogP contribution in [0.1, 0.15) is 24.8 Å². The monoisotopic (exact) mass is 435 g/mol. The standard InChI is InChI=1S/C21H26FN3O6/c1-14-19(30-15-6-8-25(9-7-15)21(26)27)23-13-24-20(14)31-18-5-4-16(12-17(18)22)29-11-3-10-28-2/h4-5,12-13,15H,3,6-11H2,1-2H3,(H,26,27). The second-order valence-electron chi connectivity index (χ2n) is 7.08. The van der Waals surface area contributed by atoms with Crippen LogP contribution in [0, 0.1) is 12.7 Å². The van der Waals surface area contributed by atoms with Crippen molar-refractivity contribution < 1.29 is 33.2 Å². The van der Waals surface area contributed by atoms with Gasteiger partial charge in [-0.15, -0.1) is 0 Å². The molecule has 0 atom stereocenters. The van der Waals surface area contributed by atoms with E-state index < -0.39 is 11.9 Å². The third-order valence-electron chi connectivity index (χ3n) is 4.85. The lowest BCUT2D eigenvalue weighted by Gasteiger charge is -2.30. The van der Waals surface area contributed by atoms with E-state index in [2.05, 4.69) is 9.97 Å². The zero-order chi connectivity index (χ0) is 22.2. The second-order valence-corrected chi connectivity index (χ2v) is 7.08. The Labute approximate surface area is 179 Å². The van der Waals surface area contributed by atoms with Gasteiger partial charge in [0.25, 0.3) is 0 Å². The van der Waals surface area contributed by atoms with Crippen LogP contribution in [-0.2, 0) is 4.74 Å². The van der Waals surface area contributed by atoms with E-state index in [1.165, 1.54) is 23.4 Å². The van der Waals surface area contributed by atoms with Gasteiger partial charge in [0.2, 0.25) is 11.8 Å². The molecule has 1 aromatic carbocycles. The van der Waals surface area contributed by atoms with E-state index in [0.717, 1.165) is 0 Å². The predicted octanol–water partition coefficient (Wildman–Crippen LogP) is 3.65. The summed E-state index contributed by atoms with van der Waals surface area (Å²) in [5, 5.41) is 9.04. The van der Waals surface area contributed by atoms with Gasteiger partial charge in [0.05, 0.1) is 12.2 Å². The average molecular weight is 435 g/mol. The highest BCUT2D eigenvalue weighted by atomic mass is 19.1. The number of hydrogen-bond acceptors (Lipinski definition) is 7. The highest BCUT2D eigenvalue weighted by molar-refractivity contribution is 5.65. The third-order valence-corrected chi connectivity index (χ3v) is 4.85. The molecule has 0 bridgehead atoms. The first kappa shape index (κ1) is 22.5. The first-order chi connectivity index (χ1) is 15.0. The molecule has 0 aliphatic carbocycles. The molecule has 3 rings (SSSR count). The number of amides is 1. The molecule has 1 N–H and O–H groups in total. The smallest absolute Gasteiger partial charge is 0.407 e. The van der Waals surface area contributed by atoms with Gasteiger partial charge in [-0.1, -0.05) is 0 Å². The van der Waals surface area contributed by atoms with Gasteiger partial charge >= 0.3 is 6.09 Å². The highest BCUT2D eigenvalue weighted by Crippen LogP contribution is 2.31. The number of nitrogens with zero attached hydrogens (tertiary/aromatic N) is 3. The average Bonchev–Trinajstić information content (AvgIpc) is 2.76. The molecular weight excluding hydrogens is 409 g/mol. The van der Waals surface area contributed by atoms with E-state index >= 15 is 0 Å². The molecule has 0 saturated carbocycles. The van der Waals surface area contributed by atoms with Crippen LogP contribution in [0.2, 0.25) is 0 Å². The summed E-state index contributed by atoms with van der Waals surface area (Å²) in [5.41, 5.74) is 0.530. The Morgan fingerprint density at radius 1 is 1.23 bits per heavy atom. The highest BCUT2D eigenvalue weighted by Gasteiger charge is 2.25. The fraction of sp³-hybridized carbons (Fsp3) is 0.476. The summed E-state index contributed by atoms with van der Waals surface area (Å²) in [7, 11) is 1.61. The Kier molecular flexibility index (Phi) is 7.82. The van der Waals surface area contributed by atoms with Gasteiger partial charge in [-0.05, 0) is 19.1 Å². The van der Waals surface area contributed by atoms with Crippen LogP contribution < -0.4 is 14.2 Å². The molecule has 1 fully saturated rings. The Balaban J connectivity index is 1.62. The van der Waals surface area contributed by atoms with Gasteiger partial charge in [-0.25, -0.2) is 19.2 Å². The molecule has 168 valence electrons. The predicted molar refractivity (Wildman–Crippen MR) is 108 cm³/mol. The number of carboxylic acid groups (broad SMARTS) is 1. The van der Waals surface area contributed by atoms with E-state index in [4.69, 9.17) is 24.1 Å². The molecule has 31 heavy (non-hydrogen) atoms. The van der Waals surface area contributed by atoms with Crippen LogP contribution in [0.5, 0.6) is 23.3 Å². The quantitative estimate of drug-likeness (QED) is 0.596. The van der Waals surface area contributed by atoms with Crippen molar-refractivity contribution in [2.75, 3.05) is 33.4 Å². The van der Waals surface area contributed by atoms with Gasteiger partial charge in [0, 0.05) is 52.1 Å². The Bertz CT molecular complexity index is 889. The Morgan fingerprint density at radius 2 is 1.97 bits per heavy atom. The number of hydrogen-bond donors (Lipinski definition) is 1. The van der Waals surface area contributed by atoms with Crippen molar-refractivity contribution in [1.29, 1.82) is 0 Å². The summed E-state index contributed by atoms with van der Waals surface area (Å²) in [5.74, 6) is 0.340. The zero-order valence-corrected chi connectivity index (χ0v) is 17.5. The molecule has 10 heteroatoms. The first-order valence-electron chi connectivity index (χ1n) is 10.0. The molecule has 1 saturated heterocycles. The molecule has 1 aliphatic heterocycles. The van der Waals surface area contributed by atoms with Crippen molar-refractivity contribution >= 4 is 6.09 Å². The summed E-state index contributed by atoms with van der Waals surface area (Å²) in [6, 6.07) is 4.35. The molecule has 2 aromatic rings. The van der Waals surface area contributed by atoms with Crippen molar-refractivity contribution in [3.8, 4) is 23.3 Å². The molecule has 0 unspecified atom stereocenters. The van der Waals surface area contributed by atoms with Crippen LogP contribution in [0.3, 0.4) is 0 Å². The minimum atomic E-state index is -0.930. The summed E-state index contributed by atoms with van der Waals surface area (Å²) in [6.07, 6.45) is 2.02. The molecule has 9 nitrogen and oxygen atoms in total. The number of likely N-dealkylation sites (tertiary alicyclic amines) is 1. The van der Waals surface area contributed by atoms with Crippen LogP contribution in [0.4, 0.5) is 9.18 Å². The zero-order valence-electron chi connectivity index (χ0n) is 17.5. The van der Waals surface area contributed by atoms with Crippen molar-refractivity contribution in [3.05, 3.63) is 35.9 Å². The number of methoxy groups -OCH3 is 1. The number of benzene rings is 1. The summed E-state index contributed by atoms with van der Waals surface area (Å²) in [4.78, 5) is 20.6. The fourth-order valence-corrected chi connectivity index (χ4v) is 3.11. The SMILES string of the molecule is COCCCOc1ccc(Oc2ncnc(OC3CCN(C(=O)O)CC3)c2C)c(F)c1. The van der Waals surface area contributed by atoms with E-state index in [-0.39, 0.29) is 17.7 Å². The maximum atomic E-state index is 14.5. The molecule has 1 amide bonds. The molecule has 0 spiro atoms. The van der Waals surface area contributed by atoms with Gasteiger partial charge in [0.15, 0.2) is 11.6 Å². The van der Waals surface area contributed by atoms with Crippen LogP contribution >= 0.6 is 0 Å². The van der Waals surface area contributed by atoms with Crippen LogP contribution in [0.15, 0.2) is 24.5 Å². The summed E-state index contributed by atoms with van der Waals surface area (Å²) < 4.78 is 36.5. The maximum Gasteiger partial charge on any atom is 0.407 e. The molecule has 1 aliphatic rings. The lowest BCUT2D eigenvalue weighted by molar-refractivity contribution is 0.0864. The fourth-order valence-electron chi connectivity index (χ4n) is 3.11. The number of aromatic nitrogens is 2. The van der Waals surface area contributed by atoms with E-state index in [1.54, 1.807) is 20.1 Å². The Hall–Kier alpha value is -3.14. The minimum Gasteiger partial charge on any atom is -0.493 e. The van der Waals surface area contributed by atoms with Crippen molar-refractivity contribution in [3.63, 3.8) is 0 Å². The van der Waals surface area contributed by atoms with Gasteiger partial charge in [-0.3, -0.25) is 0 Å². The Morgan fingerprint density at radius 3 is 2.65 bits per heavy atom. The summed E-state index contributed by atoms with van der Waals surface area (Å²) >= 11 is 0. The lowest BCUT2D eigenvalue weighted by atomic mass is 10.1. The molecule has 1 aromatic heterocycles. The van der Waals surface area contributed by atoms with Crippen LogP contribution in [-0.4, -0.2) is 65.6 Å². The van der Waals surface area contributed by atoms with E-state index in [0.29, 0.717) is 62.8 Å². The number of ether oxygens (including phenoxy) is 4. The van der Waals surface area contributed by atoms with E-state index in [9.17, 15) is 9.18 Å². The van der Waals surface area contributed by atoms with Gasteiger partial charge in [-0.2, -0.15) is 0 Å².